The van der Waals surface area contributed by atoms with E-state index in [1.54, 1.807) is 17.9 Å². The minimum atomic E-state index is -0.294. The highest BCUT2D eigenvalue weighted by Gasteiger charge is 2.35. The SMILES string of the molecule is Cc1c(C(=O)N2C[C@@H](N)[C@H](c3ccccc3)C2)cnn1-c1ccc(=O)[nH]n1. The predicted molar refractivity (Wildman–Crippen MR) is 99.8 cm³/mol. The van der Waals surface area contributed by atoms with Crippen molar-refractivity contribution in [1.29, 1.82) is 0 Å². The van der Waals surface area contributed by atoms with Gasteiger partial charge in [0.05, 0.1) is 17.5 Å². The molecular formula is C19H20N6O2. The van der Waals surface area contributed by atoms with Crippen LogP contribution in [-0.2, 0) is 0 Å². The number of aromatic nitrogens is 4. The number of hydrogen-bond donors (Lipinski definition) is 2. The number of benzene rings is 1. The molecule has 1 aliphatic heterocycles. The molecule has 4 rings (SSSR count). The Balaban J connectivity index is 1.57. The molecule has 1 aliphatic rings. The molecule has 0 saturated carbocycles. The van der Waals surface area contributed by atoms with Crippen molar-refractivity contribution >= 4 is 5.91 Å². The molecule has 2 atom stereocenters. The fraction of sp³-hybridized carbons (Fsp3) is 0.263. The van der Waals surface area contributed by atoms with E-state index in [1.165, 1.54) is 16.9 Å². The summed E-state index contributed by atoms with van der Waals surface area (Å²) in [6, 6.07) is 12.9. The average Bonchev–Trinajstić information content (AvgIpc) is 3.26. The number of nitrogens with two attached hydrogens (primary N) is 1. The second kappa shape index (κ2) is 6.81. The van der Waals surface area contributed by atoms with E-state index in [2.05, 4.69) is 15.3 Å². The number of aromatic amines is 1. The molecule has 0 bridgehead atoms. The van der Waals surface area contributed by atoms with E-state index in [9.17, 15) is 9.59 Å². The van der Waals surface area contributed by atoms with E-state index >= 15 is 0 Å². The van der Waals surface area contributed by atoms with Crippen molar-refractivity contribution in [3.8, 4) is 5.82 Å². The topological polar surface area (TPSA) is 110 Å². The Kier molecular flexibility index (Phi) is 4.33. The van der Waals surface area contributed by atoms with Crippen LogP contribution >= 0.6 is 0 Å². The summed E-state index contributed by atoms with van der Waals surface area (Å²) in [7, 11) is 0. The molecule has 8 heteroatoms. The van der Waals surface area contributed by atoms with Gasteiger partial charge in [0, 0.05) is 31.1 Å². The van der Waals surface area contributed by atoms with Gasteiger partial charge in [-0.15, -0.1) is 0 Å². The van der Waals surface area contributed by atoms with E-state index < -0.39 is 0 Å². The molecule has 3 heterocycles. The molecule has 0 aliphatic carbocycles. The zero-order valence-electron chi connectivity index (χ0n) is 14.9. The monoisotopic (exact) mass is 364 g/mol. The number of rotatable bonds is 3. The maximum Gasteiger partial charge on any atom is 0.264 e. The number of hydrogen-bond acceptors (Lipinski definition) is 5. The molecule has 27 heavy (non-hydrogen) atoms. The van der Waals surface area contributed by atoms with Crippen LogP contribution in [0, 0.1) is 6.92 Å². The van der Waals surface area contributed by atoms with Gasteiger partial charge in [-0.05, 0) is 18.6 Å². The molecule has 0 radical (unpaired) electrons. The number of nitrogens with zero attached hydrogens (tertiary/aromatic N) is 4. The first-order chi connectivity index (χ1) is 13.0. The standard InChI is InChI=1S/C19H20N6O2/c1-12-14(9-21-25(12)17-7-8-18(26)23-22-17)19(27)24-10-15(16(20)11-24)13-5-3-2-4-6-13/h2-9,15-16H,10-11,20H2,1H3,(H,23,26)/t15-,16+/m0/s1. The van der Waals surface area contributed by atoms with E-state index in [-0.39, 0.29) is 23.4 Å². The molecule has 1 fully saturated rings. The fourth-order valence-electron chi connectivity index (χ4n) is 3.52. The Morgan fingerprint density at radius 2 is 1.96 bits per heavy atom. The number of H-pyrrole nitrogens is 1. The molecule has 1 amide bonds. The van der Waals surface area contributed by atoms with Crippen LogP contribution in [-0.4, -0.2) is 49.9 Å². The van der Waals surface area contributed by atoms with Gasteiger partial charge in [0.1, 0.15) is 0 Å². The summed E-state index contributed by atoms with van der Waals surface area (Å²) in [4.78, 5) is 26.0. The molecule has 1 saturated heterocycles. The number of nitrogens with one attached hydrogen (secondary N) is 1. The fourth-order valence-corrected chi connectivity index (χ4v) is 3.52. The Labute approximate surface area is 155 Å². The van der Waals surface area contributed by atoms with Gasteiger partial charge in [0.25, 0.3) is 11.5 Å². The third kappa shape index (κ3) is 3.15. The number of carbonyl (C=O) groups excluding carboxylic acids is 1. The summed E-state index contributed by atoms with van der Waals surface area (Å²) >= 11 is 0. The third-order valence-electron chi connectivity index (χ3n) is 5.00. The molecule has 1 aromatic carbocycles. The molecule has 3 N–H and O–H groups in total. The highest BCUT2D eigenvalue weighted by atomic mass is 16.2. The van der Waals surface area contributed by atoms with Crippen molar-refractivity contribution in [1.82, 2.24) is 24.9 Å². The number of likely N-dealkylation sites (tertiary alicyclic amines) is 1. The van der Waals surface area contributed by atoms with Gasteiger partial charge < -0.3 is 10.6 Å². The van der Waals surface area contributed by atoms with E-state index in [4.69, 9.17) is 5.73 Å². The van der Waals surface area contributed by atoms with Crippen molar-refractivity contribution in [2.24, 2.45) is 5.73 Å². The minimum Gasteiger partial charge on any atom is -0.336 e. The molecule has 2 aromatic heterocycles. The summed E-state index contributed by atoms with van der Waals surface area (Å²) in [5.41, 5.74) is 8.32. The van der Waals surface area contributed by atoms with Crippen LogP contribution in [0.3, 0.4) is 0 Å². The van der Waals surface area contributed by atoms with E-state index in [0.29, 0.717) is 30.2 Å². The Morgan fingerprint density at radius 1 is 1.19 bits per heavy atom. The zero-order valence-corrected chi connectivity index (χ0v) is 14.9. The summed E-state index contributed by atoms with van der Waals surface area (Å²) in [5, 5.41) is 10.6. The second-order valence-corrected chi connectivity index (χ2v) is 6.73. The smallest absolute Gasteiger partial charge is 0.264 e. The van der Waals surface area contributed by atoms with Crippen LogP contribution in [0.5, 0.6) is 0 Å². The maximum atomic E-state index is 13.0. The molecule has 138 valence electrons. The van der Waals surface area contributed by atoms with Crippen LogP contribution < -0.4 is 11.3 Å². The average molecular weight is 364 g/mol. The lowest BCUT2D eigenvalue weighted by Crippen LogP contribution is -2.32. The molecule has 0 unspecified atom stereocenters. The van der Waals surface area contributed by atoms with Crippen molar-refractivity contribution in [2.75, 3.05) is 13.1 Å². The molecular weight excluding hydrogens is 344 g/mol. The van der Waals surface area contributed by atoms with Gasteiger partial charge in [-0.1, -0.05) is 30.3 Å². The summed E-state index contributed by atoms with van der Waals surface area (Å²) in [6.45, 7) is 2.88. The van der Waals surface area contributed by atoms with Gasteiger partial charge in [-0.3, -0.25) is 9.59 Å². The third-order valence-corrected chi connectivity index (χ3v) is 5.00. The lowest BCUT2D eigenvalue weighted by molar-refractivity contribution is 0.0788. The van der Waals surface area contributed by atoms with Gasteiger partial charge in [-0.25, -0.2) is 9.78 Å². The van der Waals surface area contributed by atoms with Gasteiger partial charge >= 0.3 is 0 Å². The normalized spacial score (nSPS) is 19.4. The van der Waals surface area contributed by atoms with Crippen LogP contribution in [0.2, 0.25) is 0 Å². The Morgan fingerprint density at radius 3 is 2.67 bits per heavy atom. The maximum absolute atomic E-state index is 13.0. The molecule has 0 spiro atoms. The molecule has 3 aromatic rings. The van der Waals surface area contributed by atoms with Crippen molar-refractivity contribution in [3.63, 3.8) is 0 Å². The Bertz CT molecular complexity index is 1010. The summed E-state index contributed by atoms with van der Waals surface area (Å²) in [5.74, 6) is 0.467. The first kappa shape index (κ1) is 17.2. The van der Waals surface area contributed by atoms with Crippen molar-refractivity contribution in [2.45, 2.75) is 18.9 Å². The van der Waals surface area contributed by atoms with Crippen LogP contribution in [0.4, 0.5) is 0 Å². The van der Waals surface area contributed by atoms with Crippen molar-refractivity contribution in [3.05, 3.63) is 75.8 Å². The Hall–Kier alpha value is -3.26. The van der Waals surface area contributed by atoms with E-state index in [1.807, 2.05) is 30.3 Å². The van der Waals surface area contributed by atoms with Gasteiger partial charge in [0.15, 0.2) is 5.82 Å². The lowest BCUT2D eigenvalue weighted by atomic mass is 9.95. The second-order valence-electron chi connectivity index (χ2n) is 6.73. The minimum absolute atomic E-state index is 0.0999. The van der Waals surface area contributed by atoms with Crippen LogP contribution in [0.15, 0.2) is 53.5 Å². The summed E-state index contributed by atoms with van der Waals surface area (Å²) in [6.07, 6.45) is 1.53. The van der Waals surface area contributed by atoms with Crippen LogP contribution in [0.1, 0.15) is 27.5 Å². The number of amides is 1. The molecule has 8 nitrogen and oxygen atoms in total. The largest absolute Gasteiger partial charge is 0.336 e. The highest BCUT2D eigenvalue weighted by molar-refractivity contribution is 5.95. The summed E-state index contributed by atoms with van der Waals surface area (Å²) < 4.78 is 1.54. The van der Waals surface area contributed by atoms with Gasteiger partial charge in [-0.2, -0.15) is 10.2 Å². The van der Waals surface area contributed by atoms with Gasteiger partial charge in [0.2, 0.25) is 0 Å². The first-order valence-corrected chi connectivity index (χ1v) is 8.75. The highest BCUT2D eigenvalue weighted by Crippen LogP contribution is 2.28. The van der Waals surface area contributed by atoms with Crippen LogP contribution in [0.25, 0.3) is 5.82 Å². The van der Waals surface area contributed by atoms with E-state index in [0.717, 1.165) is 5.56 Å². The quantitative estimate of drug-likeness (QED) is 0.715. The predicted octanol–water partition coefficient (Wildman–Crippen LogP) is 0.831. The number of carbonyl (C=O) groups is 1. The zero-order chi connectivity index (χ0) is 19.0. The van der Waals surface area contributed by atoms with Crippen molar-refractivity contribution < 1.29 is 4.79 Å². The lowest BCUT2D eigenvalue weighted by Gasteiger charge is -2.16. The first-order valence-electron chi connectivity index (χ1n) is 8.75.